The van der Waals surface area contributed by atoms with Crippen LogP contribution in [-0.4, -0.2) is 30.4 Å². The van der Waals surface area contributed by atoms with E-state index in [4.69, 9.17) is 4.74 Å². The second kappa shape index (κ2) is 7.66. The molecule has 1 aliphatic heterocycles. The van der Waals surface area contributed by atoms with Crippen molar-refractivity contribution < 1.29 is 14.3 Å². The molecule has 27 heavy (non-hydrogen) atoms. The van der Waals surface area contributed by atoms with Crippen LogP contribution in [0.3, 0.4) is 0 Å². The summed E-state index contributed by atoms with van der Waals surface area (Å²) < 4.78 is 5.45. The Labute approximate surface area is 159 Å². The lowest BCUT2D eigenvalue weighted by Gasteiger charge is -2.11. The molecular formula is C22H24N2O3. The van der Waals surface area contributed by atoms with E-state index in [-0.39, 0.29) is 11.8 Å². The van der Waals surface area contributed by atoms with E-state index in [2.05, 4.69) is 19.2 Å². The molecule has 0 spiro atoms. The summed E-state index contributed by atoms with van der Waals surface area (Å²) in [4.78, 5) is 26.4. The summed E-state index contributed by atoms with van der Waals surface area (Å²) in [6.07, 6.45) is 0. The second-order valence-electron chi connectivity index (χ2n) is 6.78. The van der Waals surface area contributed by atoms with Gasteiger partial charge in [0.1, 0.15) is 11.4 Å². The molecule has 140 valence electrons. The van der Waals surface area contributed by atoms with Crippen LogP contribution in [0.2, 0.25) is 0 Å². The van der Waals surface area contributed by atoms with Crippen molar-refractivity contribution in [2.75, 3.05) is 19.0 Å². The third kappa shape index (κ3) is 3.72. The lowest BCUT2D eigenvalue weighted by molar-refractivity contribution is -0.135. The highest BCUT2D eigenvalue weighted by Crippen LogP contribution is 2.31. The average molecular weight is 364 g/mol. The summed E-state index contributed by atoms with van der Waals surface area (Å²) in [7, 11) is 1.50. The predicted octanol–water partition coefficient (Wildman–Crippen LogP) is 4.03. The highest BCUT2D eigenvalue weighted by Gasteiger charge is 2.36. The topological polar surface area (TPSA) is 58.6 Å². The van der Waals surface area contributed by atoms with Gasteiger partial charge in [-0.25, -0.2) is 0 Å². The van der Waals surface area contributed by atoms with E-state index < -0.39 is 0 Å². The summed E-state index contributed by atoms with van der Waals surface area (Å²) >= 11 is 0. The Balaban J connectivity index is 1.96. The molecule has 0 atom stereocenters. The van der Waals surface area contributed by atoms with Crippen molar-refractivity contribution >= 4 is 23.1 Å². The number of benzene rings is 2. The smallest absolute Gasteiger partial charge is 0.277 e. The van der Waals surface area contributed by atoms with E-state index in [0.29, 0.717) is 29.4 Å². The fourth-order valence-corrected chi connectivity index (χ4v) is 3.01. The Morgan fingerprint density at radius 1 is 0.963 bits per heavy atom. The number of hydrogen-bond acceptors (Lipinski definition) is 4. The van der Waals surface area contributed by atoms with Crippen LogP contribution in [0.5, 0.6) is 5.75 Å². The second-order valence-corrected chi connectivity index (χ2v) is 6.78. The zero-order chi connectivity index (χ0) is 19.6. The Bertz CT molecular complexity index is 881. The van der Waals surface area contributed by atoms with Crippen LogP contribution >= 0.6 is 0 Å². The molecular weight excluding hydrogens is 340 g/mol. The number of likely N-dealkylation sites (N-methyl/N-ethyl adjacent to an activating group) is 1. The van der Waals surface area contributed by atoms with E-state index in [9.17, 15) is 9.59 Å². The molecule has 2 amide bonds. The lowest BCUT2D eigenvalue weighted by Crippen LogP contribution is -2.27. The van der Waals surface area contributed by atoms with Crippen LogP contribution < -0.4 is 10.1 Å². The number of hydrogen-bond donors (Lipinski definition) is 1. The maximum absolute atomic E-state index is 12.6. The zero-order valence-electron chi connectivity index (χ0n) is 16.1. The van der Waals surface area contributed by atoms with E-state index in [1.54, 1.807) is 24.3 Å². The van der Waals surface area contributed by atoms with Crippen molar-refractivity contribution in [1.82, 2.24) is 4.90 Å². The summed E-state index contributed by atoms with van der Waals surface area (Å²) in [6.45, 7) is 6.74. The van der Waals surface area contributed by atoms with Gasteiger partial charge in [0.25, 0.3) is 11.8 Å². The Morgan fingerprint density at radius 3 is 2.15 bits per heavy atom. The van der Waals surface area contributed by atoms with Gasteiger partial charge < -0.3 is 10.1 Å². The zero-order valence-corrected chi connectivity index (χ0v) is 16.1. The first kappa shape index (κ1) is 18.7. The van der Waals surface area contributed by atoms with Crippen LogP contribution in [0.25, 0.3) is 5.57 Å². The maximum Gasteiger partial charge on any atom is 0.277 e. The van der Waals surface area contributed by atoms with Crippen molar-refractivity contribution in [3.63, 3.8) is 0 Å². The van der Waals surface area contributed by atoms with Crippen LogP contribution in [0.4, 0.5) is 5.69 Å². The molecule has 1 heterocycles. The number of nitrogens with zero attached hydrogens (tertiary/aromatic N) is 1. The van der Waals surface area contributed by atoms with Gasteiger partial charge in [-0.15, -0.1) is 0 Å². The largest absolute Gasteiger partial charge is 0.494 e. The number of imide groups is 1. The van der Waals surface area contributed by atoms with Crippen molar-refractivity contribution in [3.05, 3.63) is 65.4 Å². The predicted molar refractivity (Wildman–Crippen MR) is 106 cm³/mol. The molecule has 0 radical (unpaired) electrons. The summed E-state index contributed by atoms with van der Waals surface area (Å²) in [5, 5.41) is 3.14. The molecule has 3 rings (SSSR count). The van der Waals surface area contributed by atoms with Crippen molar-refractivity contribution in [2.24, 2.45) is 0 Å². The van der Waals surface area contributed by atoms with Crippen LogP contribution in [-0.2, 0) is 9.59 Å². The average Bonchev–Trinajstić information content (AvgIpc) is 2.87. The molecule has 0 saturated carbocycles. The number of amides is 2. The molecule has 0 aromatic heterocycles. The van der Waals surface area contributed by atoms with Crippen molar-refractivity contribution in [3.8, 4) is 5.75 Å². The molecule has 2 aromatic rings. The minimum Gasteiger partial charge on any atom is -0.494 e. The van der Waals surface area contributed by atoms with Gasteiger partial charge in [0.05, 0.1) is 12.2 Å². The van der Waals surface area contributed by atoms with Gasteiger partial charge in [-0.2, -0.15) is 0 Å². The van der Waals surface area contributed by atoms with Crippen LogP contribution in [0, 0.1) is 0 Å². The standard InChI is InChI=1S/C22H24N2O3/c1-5-27-18-12-8-16(9-13-18)19-20(22(26)24(4)21(19)25)23-17-10-6-15(7-11-17)14(2)3/h6-14,23H,5H2,1-4H3. The van der Waals surface area contributed by atoms with Gasteiger partial charge in [-0.3, -0.25) is 14.5 Å². The van der Waals surface area contributed by atoms with E-state index >= 15 is 0 Å². The first-order valence-electron chi connectivity index (χ1n) is 9.09. The quantitative estimate of drug-likeness (QED) is 0.786. The van der Waals surface area contributed by atoms with Gasteiger partial charge in [0.2, 0.25) is 0 Å². The van der Waals surface area contributed by atoms with Gasteiger partial charge in [0.15, 0.2) is 0 Å². The molecule has 0 unspecified atom stereocenters. The van der Waals surface area contributed by atoms with Gasteiger partial charge in [0, 0.05) is 12.7 Å². The van der Waals surface area contributed by atoms with Gasteiger partial charge >= 0.3 is 0 Å². The molecule has 1 aliphatic rings. The highest BCUT2D eigenvalue weighted by molar-refractivity contribution is 6.36. The molecule has 5 nitrogen and oxygen atoms in total. The molecule has 0 bridgehead atoms. The number of ether oxygens (including phenoxy) is 1. The molecule has 1 N–H and O–H groups in total. The van der Waals surface area contributed by atoms with Crippen LogP contribution in [0.1, 0.15) is 37.8 Å². The Hall–Kier alpha value is -3.08. The monoisotopic (exact) mass is 364 g/mol. The SMILES string of the molecule is CCOc1ccc(C2=C(Nc3ccc(C(C)C)cc3)C(=O)N(C)C2=O)cc1. The minimum absolute atomic E-state index is 0.295. The number of anilines is 1. The molecule has 0 saturated heterocycles. The van der Waals surface area contributed by atoms with Gasteiger partial charge in [-0.05, 0) is 48.2 Å². The fourth-order valence-electron chi connectivity index (χ4n) is 3.01. The molecule has 2 aromatic carbocycles. The minimum atomic E-state index is -0.336. The summed E-state index contributed by atoms with van der Waals surface area (Å²) in [5.41, 5.74) is 3.34. The van der Waals surface area contributed by atoms with E-state index in [1.807, 2.05) is 31.2 Å². The van der Waals surface area contributed by atoms with Crippen molar-refractivity contribution in [1.29, 1.82) is 0 Å². The van der Waals surface area contributed by atoms with Crippen molar-refractivity contribution in [2.45, 2.75) is 26.7 Å². The third-order valence-corrected chi connectivity index (χ3v) is 4.59. The Kier molecular flexibility index (Phi) is 5.31. The van der Waals surface area contributed by atoms with E-state index in [0.717, 1.165) is 16.3 Å². The first-order chi connectivity index (χ1) is 12.9. The fraction of sp³-hybridized carbons (Fsp3) is 0.273. The first-order valence-corrected chi connectivity index (χ1v) is 9.09. The number of carbonyl (C=O) groups is 2. The highest BCUT2D eigenvalue weighted by atomic mass is 16.5. The number of nitrogens with one attached hydrogen (secondary N) is 1. The van der Waals surface area contributed by atoms with Gasteiger partial charge in [-0.1, -0.05) is 38.1 Å². The van der Waals surface area contributed by atoms with Crippen LogP contribution in [0.15, 0.2) is 54.2 Å². The normalized spacial score (nSPS) is 14.3. The number of rotatable bonds is 6. The number of carbonyl (C=O) groups excluding carboxylic acids is 2. The molecule has 5 heteroatoms. The Morgan fingerprint density at radius 2 is 1.59 bits per heavy atom. The van der Waals surface area contributed by atoms with E-state index in [1.165, 1.54) is 12.6 Å². The summed E-state index contributed by atoms with van der Waals surface area (Å²) in [5.74, 6) is 0.506. The molecule has 0 fully saturated rings. The third-order valence-electron chi connectivity index (χ3n) is 4.59. The molecule has 0 aliphatic carbocycles. The summed E-state index contributed by atoms with van der Waals surface area (Å²) in [6, 6.07) is 15.1. The lowest BCUT2D eigenvalue weighted by atomic mass is 10.0. The maximum atomic E-state index is 12.6.